The van der Waals surface area contributed by atoms with Crippen LogP contribution in [0.4, 0.5) is 28.9 Å². The number of rotatable bonds is 5. The minimum atomic E-state index is -4.73. The van der Waals surface area contributed by atoms with Gasteiger partial charge in [0.05, 0.1) is 17.3 Å². The predicted octanol–water partition coefficient (Wildman–Crippen LogP) is 5.77. The number of alkyl halides is 3. The highest BCUT2D eigenvalue weighted by Gasteiger charge is 2.38. The fourth-order valence-corrected chi connectivity index (χ4v) is 4.04. The fraction of sp³-hybridized carbons (Fsp3) is 0.370. The molecule has 0 aliphatic carbocycles. The number of phenols is 1. The van der Waals surface area contributed by atoms with Gasteiger partial charge in [-0.3, -0.25) is 9.69 Å². The van der Waals surface area contributed by atoms with Gasteiger partial charge in [0.1, 0.15) is 37.4 Å². The molecule has 208 valence electrons. The Morgan fingerprint density at radius 1 is 1.11 bits per heavy atom. The number of anilines is 2. The summed E-state index contributed by atoms with van der Waals surface area (Å²) < 4.78 is 54.7. The van der Waals surface area contributed by atoms with E-state index in [1.807, 2.05) is 34.3 Å². The first kappa shape index (κ1) is 32.3. The van der Waals surface area contributed by atoms with Crippen molar-refractivity contribution in [2.45, 2.75) is 52.8 Å². The highest BCUT2D eigenvalue weighted by molar-refractivity contribution is 6.00. The number of allylic oxidation sites excluding steroid dienone is 1. The number of nitrogens with zero attached hydrogens (tertiary/aromatic N) is 1. The van der Waals surface area contributed by atoms with E-state index in [0.29, 0.717) is 23.8 Å². The first-order chi connectivity index (χ1) is 17.8. The SMILES string of the molecule is C=O.C=O.CCC(C)(C)CC1=C(C)C(c2ccc(C(F)(F)F)cc2F)N(C(=O)CO)c2cccc(O)c2N1. The van der Waals surface area contributed by atoms with Crippen molar-refractivity contribution in [3.63, 3.8) is 0 Å². The highest BCUT2D eigenvalue weighted by Crippen LogP contribution is 2.47. The number of carbonyl (C=O) groups excluding carboxylic acids is 3. The Morgan fingerprint density at radius 3 is 2.21 bits per heavy atom. The molecule has 1 unspecified atom stereocenters. The monoisotopic (exact) mass is 540 g/mol. The van der Waals surface area contributed by atoms with E-state index in [1.54, 1.807) is 6.92 Å². The van der Waals surface area contributed by atoms with Crippen LogP contribution in [0.25, 0.3) is 0 Å². The maximum Gasteiger partial charge on any atom is 0.416 e. The summed E-state index contributed by atoms with van der Waals surface area (Å²) in [4.78, 5) is 30.1. The summed E-state index contributed by atoms with van der Waals surface area (Å²) in [5.74, 6) is -2.10. The maximum atomic E-state index is 15.2. The number of hydrogen-bond acceptors (Lipinski definition) is 6. The van der Waals surface area contributed by atoms with Crippen LogP contribution in [0.2, 0.25) is 0 Å². The van der Waals surface area contributed by atoms with Gasteiger partial charge in [0.2, 0.25) is 0 Å². The Labute approximate surface area is 218 Å². The first-order valence-corrected chi connectivity index (χ1v) is 11.5. The third kappa shape index (κ3) is 6.97. The van der Waals surface area contributed by atoms with Gasteiger partial charge in [-0.1, -0.05) is 39.3 Å². The Balaban J connectivity index is 0.00000172. The molecule has 0 fully saturated rings. The number of halogens is 4. The largest absolute Gasteiger partial charge is 0.506 e. The van der Waals surface area contributed by atoms with Crippen molar-refractivity contribution in [2.75, 3.05) is 16.8 Å². The van der Waals surface area contributed by atoms with E-state index in [4.69, 9.17) is 9.59 Å². The van der Waals surface area contributed by atoms with Crippen molar-refractivity contribution in [3.8, 4) is 5.75 Å². The van der Waals surface area contributed by atoms with Crippen LogP contribution in [-0.4, -0.2) is 36.3 Å². The van der Waals surface area contributed by atoms with Crippen LogP contribution in [0.5, 0.6) is 5.75 Å². The number of carbonyl (C=O) groups is 3. The molecule has 1 aliphatic rings. The number of phenolic OH excluding ortho intramolecular Hbond substituents is 1. The van der Waals surface area contributed by atoms with Crippen LogP contribution in [0.1, 0.15) is 57.7 Å². The zero-order valence-electron chi connectivity index (χ0n) is 21.7. The maximum absolute atomic E-state index is 15.2. The second-order valence-electron chi connectivity index (χ2n) is 9.21. The number of aliphatic hydroxyl groups excluding tert-OH is 1. The van der Waals surface area contributed by atoms with Crippen LogP contribution >= 0.6 is 0 Å². The third-order valence-electron chi connectivity index (χ3n) is 6.34. The summed E-state index contributed by atoms with van der Waals surface area (Å²) >= 11 is 0. The molecular weight excluding hydrogens is 508 g/mol. The van der Waals surface area contributed by atoms with Gasteiger partial charge in [0.25, 0.3) is 5.91 Å². The van der Waals surface area contributed by atoms with Gasteiger partial charge in [-0.05, 0) is 48.6 Å². The zero-order valence-corrected chi connectivity index (χ0v) is 21.7. The molecule has 0 aromatic heterocycles. The molecule has 7 nitrogen and oxygen atoms in total. The zero-order chi connectivity index (χ0) is 29.4. The average Bonchev–Trinajstić information content (AvgIpc) is 3.00. The second kappa shape index (κ2) is 13.2. The normalized spacial score (nSPS) is 15.2. The van der Waals surface area contributed by atoms with Crippen molar-refractivity contribution >= 4 is 30.9 Å². The minimum absolute atomic E-state index is 0.155. The smallest absolute Gasteiger partial charge is 0.416 e. The molecule has 2 aromatic rings. The number of benzene rings is 2. The average molecular weight is 541 g/mol. The summed E-state index contributed by atoms with van der Waals surface area (Å²) in [6, 6.07) is 5.47. The van der Waals surface area contributed by atoms with E-state index in [0.717, 1.165) is 23.5 Å². The van der Waals surface area contributed by atoms with Crippen molar-refractivity contribution in [1.82, 2.24) is 0 Å². The second-order valence-corrected chi connectivity index (χ2v) is 9.21. The van der Waals surface area contributed by atoms with Crippen LogP contribution in [0, 0.1) is 11.2 Å². The van der Waals surface area contributed by atoms with Crippen molar-refractivity contribution < 1.29 is 42.2 Å². The van der Waals surface area contributed by atoms with Crippen molar-refractivity contribution in [2.24, 2.45) is 5.41 Å². The number of para-hydroxylation sites is 1. The number of amides is 1. The van der Waals surface area contributed by atoms with E-state index in [2.05, 4.69) is 5.32 Å². The lowest BCUT2D eigenvalue weighted by atomic mass is 9.83. The van der Waals surface area contributed by atoms with Gasteiger partial charge in [-0.25, -0.2) is 4.39 Å². The van der Waals surface area contributed by atoms with E-state index >= 15 is 4.39 Å². The summed E-state index contributed by atoms with van der Waals surface area (Å²) in [6.45, 7) is 10.8. The summed E-state index contributed by atoms with van der Waals surface area (Å²) in [7, 11) is 0. The molecule has 1 amide bonds. The fourth-order valence-electron chi connectivity index (χ4n) is 4.04. The molecule has 0 bridgehead atoms. The molecule has 0 spiro atoms. The summed E-state index contributed by atoms with van der Waals surface area (Å²) in [6.07, 6.45) is -3.48. The topological polar surface area (TPSA) is 107 Å². The van der Waals surface area contributed by atoms with E-state index in [-0.39, 0.29) is 28.1 Å². The molecule has 0 saturated carbocycles. The number of fused-ring (bicyclic) bond motifs is 1. The van der Waals surface area contributed by atoms with Gasteiger partial charge in [-0.2, -0.15) is 13.2 Å². The van der Waals surface area contributed by atoms with Crippen molar-refractivity contribution in [1.29, 1.82) is 0 Å². The molecule has 2 aromatic carbocycles. The molecule has 38 heavy (non-hydrogen) atoms. The Morgan fingerprint density at radius 2 is 1.71 bits per heavy atom. The van der Waals surface area contributed by atoms with Crippen LogP contribution in [0.3, 0.4) is 0 Å². The molecular formula is C27H32F4N2O5. The third-order valence-corrected chi connectivity index (χ3v) is 6.34. The van der Waals surface area contributed by atoms with E-state index in [1.165, 1.54) is 18.2 Å². The van der Waals surface area contributed by atoms with Crippen LogP contribution in [0.15, 0.2) is 47.7 Å². The van der Waals surface area contributed by atoms with Gasteiger partial charge < -0.3 is 25.1 Å². The lowest BCUT2D eigenvalue weighted by Crippen LogP contribution is -2.38. The lowest BCUT2D eigenvalue weighted by molar-refractivity contribution is -0.137. The molecule has 11 heteroatoms. The highest BCUT2D eigenvalue weighted by atomic mass is 19.4. The molecule has 0 saturated heterocycles. The number of aliphatic hydroxyl groups is 1. The standard InChI is InChI=1S/C25H28F4N2O3.2CH2O/c1-5-24(3,4)12-18-14(2)23(16-10-9-15(11-17(16)26)25(27,28)29)31(21(34)13-32)19-7-6-8-20(33)22(19)30-18;2*1-2/h6-11,23,30,32-33H,5,12-13H2,1-4H3;2*1H2. The van der Waals surface area contributed by atoms with E-state index < -0.39 is 36.1 Å². The van der Waals surface area contributed by atoms with Gasteiger partial charge >= 0.3 is 6.18 Å². The minimum Gasteiger partial charge on any atom is -0.506 e. The Bertz CT molecular complexity index is 1160. The molecule has 3 rings (SSSR count). The molecule has 3 N–H and O–H groups in total. The van der Waals surface area contributed by atoms with Crippen LogP contribution < -0.4 is 10.2 Å². The summed E-state index contributed by atoms with van der Waals surface area (Å²) in [5, 5.41) is 23.5. The van der Waals surface area contributed by atoms with Crippen LogP contribution in [-0.2, 0) is 20.6 Å². The first-order valence-electron chi connectivity index (χ1n) is 11.5. The van der Waals surface area contributed by atoms with Gasteiger partial charge in [0, 0.05) is 11.3 Å². The molecule has 1 heterocycles. The Hall–Kier alpha value is -3.73. The predicted molar refractivity (Wildman–Crippen MR) is 136 cm³/mol. The number of hydrogen-bond donors (Lipinski definition) is 3. The number of nitrogens with one attached hydrogen (secondary N) is 1. The molecule has 1 aliphatic heterocycles. The Kier molecular flexibility index (Phi) is 11.2. The summed E-state index contributed by atoms with van der Waals surface area (Å²) in [5.41, 5.74) is -0.0603. The van der Waals surface area contributed by atoms with Gasteiger partial charge in [-0.15, -0.1) is 0 Å². The molecule has 0 radical (unpaired) electrons. The van der Waals surface area contributed by atoms with Gasteiger partial charge in [0.15, 0.2) is 0 Å². The lowest BCUT2D eigenvalue weighted by Gasteiger charge is -2.33. The number of aromatic hydroxyl groups is 1. The van der Waals surface area contributed by atoms with E-state index in [9.17, 15) is 28.2 Å². The quantitative estimate of drug-likeness (QED) is 0.328. The molecule has 1 atom stereocenters. The van der Waals surface area contributed by atoms with Crippen molar-refractivity contribution in [3.05, 3.63) is 64.6 Å².